The second-order valence-electron chi connectivity index (χ2n) is 6.43. The van der Waals surface area contributed by atoms with Gasteiger partial charge in [0.25, 0.3) is 0 Å². The van der Waals surface area contributed by atoms with Gasteiger partial charge in [-0.2, -0.15) is 0 Å². The molecule has 1 aliphatic carbocycles. The van der Waals surface area contributed by atoms with E-state index in [9.17, 15) is 4.79 Å². The van der Waals surface area contributed by atoms with Crippen molar-refractivity contribution in [3.05, 3.63) is 0 Å². The van der Waals surface area contributed by atoms with Crippen LogP contribution in [0.1, 0.15) is 34.1 Å². The zero-order valence-corrected chi connectivity index (χ0v) is 10.9. The van der Waals surface area contributed by atoms with E-state index in [4.69, 9.17) is 0 Å². The maximum absolute atomic E-state index is 11.8. The third-order valence-corrected chi connectivity index (χ3v) is 5.23. The van der Waals surface area contributed by atoms with E-state index in [0.717, 1.165) is 26.1 Å². The first kappa shape index (κ1) is 11.9. The molecule has 1 saturated heterocycles. The monoisotopic (exact) mass is 224 g/mol. The van der Waals surface area contributed by atoms with E-state index in [1.807, 2.05) is 0 Å². The molecule has 0 bridgehead atoms. The molecule has 1 unspecified atom stereocenters. The van der Waals surface area contributed by atoms with Crippen molar-refractivity contribution < 1.29 is 4.79 Å². The smallest absolute Gasteiger partial charge is 0.224 e. The Hall–Kier alpha value is -0.570. The van der Waals surface area contributed by atoms with Crippen molar-refractivity contribution >= 4 is 5.91 Å². The van der Waals surface area contributed by atoms with Crippen molar-refractivity contribution in [3.63, 3.8) is 0 Å². The van der Waals surface area contributed by atoms with Crippen LogP contribution in [0.2, 0.25) is 0 Å². The topological polar surface area (TPSA) is 41.1 Å². The van der Waals surface area contributed by atoms with Gasteiger partial charge in [0, 0.05) is 13.1 Å². The summed E-state index contributed by atoms with van der Waals surface area (Å²) in [6.45, 7) is 11.8. The molecular weight excluding hydrogens is 200 g/mol. The molecule has 2 fully saturated rings. The summed E-state index contributed by atoms with van der Waals surface area (Å²) < 4.78 is 0. The van der Waals surface area contributed by atoms with Crippen LogP contribution in [-0.2, 0) is 4.79 Å². The van der Waals surface area contributed by atoms with Gasteiger partial charge in [-0.05, 0) is 29.7 Å². The van der Waals surface area contributed by atoms with Crippen LogP contribution in [0.5, 0.6) is 0 Å². The molecule has 16 heavy (non-hydrogen) atoms. The van der Waals surface area contributed by atoms with Gasteiger partial charge in [0.2, 0.25) is 5.91 Å². The number of nitrogens with one attached hydrogen (secondary N) is 2. The summed E-state index contributed by atoms with van der Waals surface area (Å²) in [5, 5.41) is 6.35. The lowest BCUT2D eigenvalue weighted by atomic mass is 10.0. The van der Waals surface area contributed by atoms with E-state index in [-0.39, 0.29) is 11.8 Å². The summed E-state index contributed by atoms with van der Waals surface area (Å²) in [5.41, 5.74) is 0.739. The highest BCUT2D eigenvalue weighted by molar-refractivity contribution is 5.79. The Morgan fingerprint density at radius 3 is 2.38 bits per heavy atom. The quantitative estimate of drug-likeness (QED) is 0.760. The first-order valence-electron chi connectivity index (χ1n) is 6.36. The molecule has 2 rings (SSSR count). The van der Waals surface area contributed by atoms with Crippen LogP contribution in [0.15, 0.2) is 0 Å². The Balaban J connectivity index is 1.79. The average molecular weight is 224 g/mol. The number of carbonyl (C=O) groups excluding carboxylic acids is 1. The second-order valence-corrected chi connectivity index (χ2v) is 6.43. The molecule has 1 heterocycles. The van der Waals surface area contributed by atoms with Gasteiger partial charge in [0.05, 0.1) is 5.92 Å². The zero-order chi connectivity index (χ0) is 12.0. The number of amides is 1. The van der Waals surface area contributed by atoms with Crippen LogP contribution in [0.3, 0.4) is 0 Å². The van der Waals surface area contributed by atoms with Gasteiger partial charge in [0.15, 0.2) is 0 Å². The highest BCUT2D eigenvalue weighted by atomic mass is 16.1. The molecule has 1 aliphatic heterocycles. The Labute approximate surface area is 98.4 Å². The maximum Gasteiger partial charge on any atom is 0.224 e. The van der Waals surface area contributed by atoms with E-state index >= 15 is 0 Å². The molecule has 3 heteroatoms. The number of carbonyl (C=O) groups is 1. The largest absolute Gasteiger partial charge is 0.356 e. The van der Waals surface area contributed by atoms with Crippen molar-refractivity contribution in [2.75, 3.05) is 19.6 Å². The van der Waals surface area contributed by atoms with Crippen molar-refractivity contribution in [2.24, 2.45) is 22.7 Å². The summed E-state index contributed by atoms with van der Waals surface area (Å²) in [4.78, 5) is 11.8. The average Bonchev–Trinajstić information content (AvgIpc) is 2.66. The molecule has 0 spiro atoms. The van der Waals surface area contributed by atoms with E-state index in [2.05, 4.69) is 38.3 Å². The van der Waals surface area contributed by atoms with Crippen LogP contribution < -0.4 is 10.6 Å². The molecule has 1 saturated carbocycles. The Kier molecular flexibility index (Phi) is 2.77. The van der Waals surface area contributed by atoms with Crippen LogP contribution >= 0.6 is 0 Å². The van der Waals surface area contributed by atoms with Crippen LogP contribution in [0.4, 0.5) is 0 Å². The van der Waals surface area contributed by atoms with E-state index < -0.39 is 0 Å². The molecule has 0 aromatic carbocycles. The first-order chi connectivity index (χ1) is 7.37. The van der Waals surface area contributed by atoms with Crippen molar-refractivity contribution in [3.8, 4) is 0 Å². The maximum atomic E-state index is 11.8. The van der Waals surface area contributed by atoms with Gasteiger partial charge in [-0.15, -0.1) is 0 Å². The zero-order valence-electron chi connectivity index (χ0n) is 10.9. The first-order valence-corrected chi connectivity index (χ1v) is 6.36. The summed E-state index contributed by atoms with van der Waals surface area (Å²) in [6, 6.07) is 0. The predicted octanol–water partition coefficient (Wildman–Crippen LogP) is 1.39. The van der Waals surface area contributed by atoms with Gasteiger partial charge < -0.3 is 10.6 Å². The Morgan fingerprint density at radius 1 is 1.31 bits per heavy atom. The van der Waals surface area contributed by atoms with Crippen LogP contribution in [0.25, 0.3) is 0 Å². The molecule has 0 radical (unpaired) electrons. The molecular formula is C13H24N2O. The molecule has 0 aromatic rings. The Bertz CT molecular complexity index is 276. The third-order valence-electron chi connectivity index (χ3n) is 5.23. The fraction of sp³-hybridized carbons (Fsp3) is 0.923. The summed E-state index contributed by atoms with van der Waals surface area (Å²) in [7, 11) is 0. The van der Waals surface area contributed by atoms with Crippen molar-refractivity contribution in [1.29, 1.82) is 0 Å². The number of hydrogen-bond acceptors (Lipinski definition) is 2. The predicted molar refractivity (Wildman–Crippen MR) is 65.0 cm³/mol. The fourth-order valence-corrected chi connectivity index (χ4v) is 3.07. The summed E-state index contributed by atoms with van der Waals surface area (Å²) >= 11 is 0. The molecule has 3 nitrogen and oxygen atoms in total. The van der Waals surface area contributed by atoms with E-state index in [1.54, 1.807) is 0 Å². The highest BCUT2D eigenvalue weighted by Gasteiger charge is 2.64. The molecule has 92 valence electrons. The standard InChI is InChI=1S/C13H24N2O/c1-12(2)10(13(12,3)4)8-15-11(16)9-5-6-14-7-9/h9-10,14H,5-8H2,1-4H3,(H,15,16). The minimum absolute atomic E-state index is 0.199. The minimum Gasteiger partial charge on any atom is -0.356 e. The molecule has 2 aliphatic rings. The normalized spacial score (nSPS) is 31.4. The Morgan fingerprint density at radius 2 is 1.94 bits per heavy atom. The van der Waals surface area contributed by atoms with Crippen LogP contribution in [-0.4, -0.2) is 25.5 Å². The number of hydrogen-bond donors (Lipinski definition) is 2. The van der Waals surface area contributed by atoms with Gasteiger partial charge in [-0.1, -0.05) is 27.7 Å². The van der Waals surface area contributed by atoms with Gasteiger partial charge >= 0.3 is 0 Å². The second kappa shape index (κ2) is 3.73. The van der Waals surface area contributed by atoms with Gasteiger partial charge in [0.1, 0.15) is 0 Å². The lowest BCUT2D eigenvalue weighted by Crippen LogP contribution is -2.34. The molecule has 1 amide bonds. The minimum atomic E-state index is 0.199. The van der Waals surface area contributed by atoms with E-state index in [1.165, 1.54) is 0 Å². The van der Waals surface area contributed by atoms with Gasteiger partial charge in [-0.25, -0.2) is 0 Å². The lowest BCUT2D eigenvalue weighted by Gasteiger charge is -2.10. The molecule has 0 aromatic heterocycles. The summed E-state index contributed by atoms with van der Waals surface area (Å²) in [6.07, 6.45) is 0.989. The summed E-state index contributed by atoms with van der Waals surface area (Å²) in [5.74, 6) is 1.06. The SMILES string of the molecule is CC1(C)C(CNC(=O)C2CCNC2)C1(C)C. The lowest BCUT2D eigenvalue weighted by molar-refractivity contribution is -0.124. The third kappa shape index (κ3) is 1.75. The van der Waals surface area contributed by atoms with Crippen molar-refractivity contribution in [1.82, 2.24) is 10.6 Å². The molecule has 2 N–H and O–H groups in total. The molecule has 1 atom stereocenters. The van der Waals surface area contributed by atoms with E-state index in [0.29, 0.717) is 16.7 Å². The van der Waals surface area contributed by atoms with Crippen molar-refractivity contribution in [2.45, 2.75) is 34.1 Å². The fourth-order valence-electron chi connectivity index (χ4n) is 3.07. The van der Waals surface area contributed by atoms with Gasteiger partial charge in [-0.3, -0.25) is 4.79 Å². The number of rotatable bonds is 3. The van der Waals surface area contributed by atoms with Crippen LogP contribution in [0, 0.1) is 22.7 Å². The highest BCUT2D eigenvalue weighted by Crippen LogP contribution is 2.67.